The Morgan fingerprint density at radius 3 is 2.29 bits per heavy atom. The minimum Gasteiger partial charge on any atom is -0.345 e. The van der Waals surface area contributed by atoms with Crippen molar-refractivity contribution in [1.82, 2.24) is 4.37 Å². The Morgan fingerprint density at radius 1 is 1.04 bits per heavy atom. The molecule has 120 valence electrons. The average molecular weight is 392 g/mol. The molecule has 2 aromatic carbocycles. The highest BCUT2D eigenvalue weighted by molar-refractivity contribution is 7.98. The minimum atomic E-state index is 0.564. The standard InChI is InChI=1S/C17H11Cl2N3S2/c18-12-3-1-11(2-4-12)10-23-17-15(9-20)16(24-22-17)21-14-7-5-13(19)6-8-14/h1-8,21H,10H2. The molecule has 1 heterocycles. The number of anilines is 2. The molecule has 0 aliphatic heterocycles. The SMILES string of the molecule is N#Cc1c(SCc2ccc(Cl)cc2)nsc1Nc1ccc(Cl)cc1. The van der Waals surface area contributed by atoms with Gasteiger partial charge in [0.1, 0.15) is 21.7 Å². The first kappa shape index (κ1) is 17.1. The molecular formula is C17H11Cl2N3S2. The highest BCUT2D eigenvalue weighted by Gasteiger charge is 2.14. The molecule has 0 spiro atoms. The zero-order chi connectivity index (χ0) is 16.9. The smallest absolute Gasteiger partial charge is 0.133 e. The maximum atomic E-state index is 9.47. The van der Waals surface area contributed by atoms with Crippen molar-refractivity contribution in [2.24, 2.45) is 0 Å². The number of nitriles is 1. The Morgan fingerprint density at radius 2 is 1.67 bits per heavy atom. The van der Waals surface area contributed by atoms with Gasteiger partial charge < -0.3 is 5.32 Å². The van der Waals surface area contributed by atoms with Crippen LogP contribution >= 0.6 is 46.5 Å². The van der Waals surface area contributed by atoms with E-state index in [9.17, 15) is 5.26 Å². The molecular weight excluding hydrogens is 381 g/mol. The number of nitrogens with one attached hydrogen (secondary N) is 1. The molecule has 1 N–H and O–H groups in total. The average Bonchev–Trinajstić information content (AvgIpc) is 2.98. The van der Waals surface area contributed by atoms with Crippen LogP contribution < -0.4 is 5.32 Å². The maximum absolute atomic E-state index is 9.47. The van der Waals surface area contributed by atoms with Gasteiger partial charge in [0.25, 0.3) is 0 Å². The van der Waals surface area contributed by atoms with Crippen LogP contribution in [0.1, 0.15) is 11.1 Å². The van der Waals surface area contributed by atoms with Crippen molar-refractivity contribution in [3.8, 4) is 6.07 Å². The van der Waals surface area contributed by atoms with Crippen molar-refractivity contribution in [3.05, 3.63) is 69.7 Å². The van der Waals surface area contributed by atoms with Crippen LogP contribution in [-0.4, -0.2) is 4.37 Å². The summed E-state index contributed by atoms with van der Waals surface area (Å²) in [6, 6.07) is 17.2. The van der Waals surface area contributed by atoms with Gasteiger partial charge in [0, 0.05) is 21.5 Å². The maximum Gasteiger partial charge on any atom is 0.133 e. The fourth-order valence-corrected chi connectivity index (χ4v) is 4.04. The molecule has 3 nitrogen and oxygen atoms in total. The molecule has 0 unspecified atom stereocenters. The summed E-state index contributed by atoms with van der Waals surface area (Å²) in [4.78, 5) is 0. The third-order valence-electron chi connectivity index (χ3n) is 3.16. The van der Waals surface area contributed by atoms with Crippen LogP contribution in [0.25, 0.3) is 0 Å². The number of thioether (sulfide) groups is 1. The molecule has 0 saturated carbocycles. The normalized spacial score (nSPS) is 10.4. The Hall–Kier alpha value is -1.71. The molecule has 0 atom stereocenters. The summed E-state index contributed by atoms with van der Waals surface area (Å²) in [6.07, 6.45) is 0. The molecule has 0 aliphatic rings. The first-order chi connectivity index (χ1) is 11.7. The van der Waals surface area contributed by atoms with Crippen LogP contribution in [0.4, 0.5) is 10.7 Å². The summed E-state index contributed by atoms with van der Waals surface area (Å²) >= 11 is 14.6. The summed E-state index contributed by atoms with van der Waals surface area (Å²) in [5, 5.41) is 15.5. The van der Waals surface area contributed by atoms with Gasteiger partial charge in [-0.15, -0.1) is 0 Å². The quantitative estimate of drug-likeness (QED) is 0.514. The van der Waals surface area contributed by atoms with Gasteiger partial charge in [-0.05, 0) is 53.5 Å². The molecule has 1 aromatic heterocycles. The Balaban J connectivity index is 1.73. The number of rotatable bonds is 5. The van der Waals surface area contributed by atoms with Crippen LogP contribution in [0.5, 0.6) is 0 Å². The molecule has 3 rings (SSSR count). The van der Waals surface area contributed by atoms with E-state index in [1.165, 1.54) is 23.3 Å². The predicted molar refractivity (Wildman–Crippen MR) is 103 cm³/mol. The van der Waals surface area contributed by atoms with E-state index in [1.54, 1.807) is 12.1 Å². The topological polar surface area (TPSA) is 48.7 Å². The molecule has 3 aromatic rings. The van der Waals surface area contributed by atoms with Gasteiger partial charge in [0.05, 0.1) is 0 Å². The van der Waals surface area contributed by atoms with E-state index in [1.807, 2.05) is 36.4 Å². The molecule has 0 radical (unpaired) electrons. The van der Waals surface area contributed by atoms with Crippen LogP contribution in [0, 0.1) is 11.3 Å². The van der Waals surface area contributed by atoms with Crippen LogP contribution in [0.3, 0.4) is 0 Å². The number of hydrogen-bond donors (Lipinski definition) is 1. The lowest BCUT2D eigenvalue weighted by atomic mass is 10.2. The number of nitrogens with zero attached hydrogens (tertiary/aromatic N) is 2. The molecule has 0 aliphatic carbocycles. The summed E-state index contributed by atoms with van der Waals surface area (Å²) < 4.78 is 4.40. The lowest BCUT2D eigenvalue weighted by molar-refractivity contribution is 1.24. The van der Waals surface area contributed by atoms with Gasteiger partial charge in [-0.1, -0.05) is 47.1 Å². The van der Waals surface area contributed by atoms with E-state index in [2.05, 4.69) is 15.8 Å². The Bertz CT molecular complexity index is 868. The van der Waals surface area contributed by atoms with E-state index in [-0.39, 0.29) is 0 Å². The lowest BCUT2D eigenvalue weighted by Gasteiger charge is -2.04. The number of hydrogen-bond acceptors (Lipinski definition) is 5. The highest BCUT2D eigenvalue weighted by atomic mass is 35.5. The Kier molecular flexibility index (Phi) is 5.64. The van der Waals surface area contributed by atoms with E-state index in [0.717, 1.165) is 27.0 Å². The molecule has 0 saturated heterocycles. The zero-order valence-corrected chi connectivity index (χ0v) is 15.4. The van der Waals surface area contributed by atoms with Crippen molar-refractivity contribution < 1.29 is 0 Å². The Labute approximate surface area is 158 Å². The monoisotopic (exact) mass is 391 g/mol. The van der Waals surface area contributed by atoms with Crippen LogP contribution in [-0.2, 0) is 5.75 Å². The van der Waals surface area contributed by atoms with Crippen molar-refractivity contribution in [1.29, 1.82) is 5.26 Å². The highest BCUT2D eigenvalue weighted by Crippen LogP contribution is 2.34. The molecule has 0 amide bonds. The summed E-state index contributed by atoms with van der Waals surface area (Å²) in [6.45, 7) is 0. The van der Waals surface area contributed by atoms with Gasteiger partial charge in [0.2, 0.25) is 0 Å². The van der Waals surface area contributed by atoms with Gasteiger partial charge in [-0.25, -0.2) is 0 Å². The minimum absolute atomic E-state index is 0.564. The molecule has 0 fully saturated rings. The van der Waals surface area contributed by atoms with Gasteiger partial charge in [-0.3, -0.25) is 0 Å². The lowest BCUT2D eigenvalue weighted by Crippen LogP contribution is -1.90. The van der Waals surface area contributed by atoms with Crippen molar-refractivity contribution in [2.75, 3.05) is 5.32 Å². The molecule has 0 bridgehead atoms. The fourth-order valence-electron chi connectivity index (χ4n) is 1.95. The summed E-state index contributed by atoms with van der Waals surface area (Å²) in [5.74, 6) is 0.732. The van der Waals surface area contributed by atoms with Crippen molar-refractivity contribution in [3.63, 3.8) is 0 Å². The molecule has 24 heavy (non-hydrogen) atoms. The van der Waals surface area contributed by atoms with Crippen LogP contribution in [0.2, 0.25) is 10.0 Å². The second kappa shape index (κ2) is 7.91. The van der Waals surface area contributed by atoms with Gasteiger partial charge >= 0.3 is 0 Å². The van der Waals surface area contributed by atoms with Crippen molar-refractivity contribution in [2.45, 2.75) is 10.8 Å². The van der Waals surface area contributed by atoms with E-state index < -0.39 is 0 Å². The first-order valence-corrected chi connectivity index (χ1v) is 9.47. The molecule has 7 heteroatoms. The zero-order valence-electron chi connectivity index (χ0n) is 12.3. The van der Waals surface area contributed by atoms with Crippen molar-refractivity contribution >= 4 is 57.2 Å². The fraction of sp³-hybridized carbons (Fsp3) is 0.0588. The van der Waals surface area contributed by atoms with E-state index in [0.29, 0.717) is 15.6 Å². The second-order valence-corrected chi connectivity index (χ2v) is 7.46. The largest absolute Gasteiger partial charge is 0.345 e. The summed E-state index contributed by atoms with van der Waals surface area (Å²) in [5.41, 5.74) is 2.57. The summed E-state index contributed by atoms with van der Waals surface area (Å²) in [7, 11) is 0. The number of benzene rings is 2. The number of aromatic nitrogens is 1. The van der Waals surface area contributed by atoms with E-state index in [4.69, 9.17) is 23.2 Å². The third-order valence-corrected chi connectivity index (χ3v) is 5.59. The predicted octanol–water partition coefficient (Wildman–Crippen LogP) is 6.36. The van der Waals surface area contributed by atoms with E-state index >= 15 is 0 Å². The van der Waals surface area contributed by atoms with Gasteiger partial charge in [-0.2, -0.15) is 9.64 Å². The third kappa shape index (κ3) is 4.22. The second-order valence-electron chi connectivity index (χ2n) is 4.85. The van der Waals surface area contributed by atoms with Crippen LogP contribution in [0.15, 0.2) is 53.6 Å². The van der Waals surface area contributed by atoms with Gasteiger partial charge in [0.15, 0.2) is 0 Å². The first-order valence-electron chi connectivity index (χ1n) is 6.95. The number of halogens is 2.